The second-order valence-corrected chi connectivity index (χ2v) is 6.34. The van der Waals surface area contributed by atoms with Crippen LogP contribution in [-0.4, -0.2) is 42.4 Å². The number of anilines is 3. The van der Waals surface area contributed by atoms with E-state index in [1.165, 1.54) is 18.2 Å². The van der Waals surface area contributed by atoms with Crippen LogP contribution in [0, 0.1) is 0 Å². The van der Waals surface area contributed by atoms with Crippen LogP contribution in [0.1, 0.15) is 18.4 Å². The van der Waals surface area contributed by atoms with E-state index >= 15 is 0 Å². The number of rotatable bonds is 6. The standard InChI is InChI=1S/C18H21F3N6O/c19-18(20,21)14-5-1-2-6-15(14)25-17(28)23-8-7-22-16-11-13(12-24-26-16)27-9-3-4-10-27/h1-2,5-6,11-12H,3-4,7-10H2,(H,22,26)(H2,23,25,28). The molecule has 0 aliphatic carbocycles. The van der Waals surface area contributed by atoms with Gasteiger partial charge in [-0.1, -0.05) is 12.1 Å². The summed E-state index contributed by atoms with van der Waals surface area (Å²) in [6, 6.07) is 6.00. The number of carbonyl (C=O) groups excluding carboxylic acids is 1. The first-order chi connectivity index (χ1) is 13.4. The first kappa shape index (κ1) is 19.7. The highest BCUT2D eigenvalue weighted by atomic mass is 19.4. The fourth-order valence-corrected chi connectivity index (χ4v) is 2.96. The van der Waals surface area contributed by atoms with Crippen LogP contribution >= 0.6 is 0 Å². The van der Waals surface area contributed by atoms with Crippen LogP contribution in [0.25, 0.3) is 0 Å². The average molecular weight is 394 g/mol. The number of nitrogens with one attached hydrogen (secondary N) is 3. The Labute approximate surface area is 160 Å². The van der Waals surface area contributed by atoms with Crippen LogP contribution in [0.5, 0.6) is 0 Å². The van der Waals surface area contributed by atoms with Gasteiger partial charge in [0.1, 0.15) is 0 Å². The number of hydrogen-bond donors (Lipinski definition) is 3. The maximum Gasteiger partial charge on any atom is 0.418 e. The van der Waals surface area contributed by atoms with Gasteiger partial charge in [0.25, 0.3) is 0 Å². The third-order valence-electron chi connectivity index (χ3n) is 4.31. The number of amides is 2. The Hall–Kier alpha value is -3.04. The number of alkyl halides is 3. The summed E-state index contributed by atoms with van der Waals surface area (Å²) in [6.45, 7) is 2.54. The number of halogens is 3. The van der Waals surface area contributed by atoms with Gasteiger partial charge in [-0.3, -0.25) is 0 Å². The predicted molar refractivity (Wildman–Crippen MR) is 100 cm³/mol. The molecule has 2 heterocycles. The normalized spacial score (nSPS) is 14.0. The fourth-order valence-electron chi connectivity index (χ4n) is 2.96. The Morgan fingerprint density at radius 3 is 2.64 bits per heavy atom. The largest absolute Gasteiger partial charge is 0.418 e. The lowest BCUT2D eigenvalue weighted by Gasteiger charge is -2.17. The summed E-state index contributed by atoms with van der Waals surface area (Å²) in [5, 5.41) is 15.7. The minimum Gasteiger partial charge on any atom is -0.370 e. The number of urea groups is 1. The van der Waals surface area contributed by atoms with Gasteiger partial charge in [-0.25, -0.2) is 4.79 Å². The van der Waals surface area contributed by atoms with E-state index in [1.807, 2.05) is 6.07 Å². The van der Waals surface area contributed by atoms with Crippen molar-refractivity contribution in [3.63, 3.8) is 0 Å². The quantitative estimate of drug-likeness (QED) is 0.655. The average Bonchev–Trinajstić information content (AvgIpc) is 3.20. The smallest absolute Gasteiger partial charge is 0.370 e. The van der Waals surface area contributed by atoms with Crippen molar-refractivity contribution in [3.8, 4) is 0 Å². The molecule has 28 heavy (non-hydrogen) atoms. The van der Waals surface area contributed by atoms with E-state index in [0.717, 1.165) is 37.7 Å². The monoisotopic (exact) mass is 394 g/mol. The molecular weight excluding hydrogens is 373 g/mol. The number of aromatic nitrogens is 2. The molecule has 1 aliphatic heterocycles. The second-order valence-electron chi connectivity index (χ2n) is 6.34. The summed E-state index contributed by atoms with van der Waals surface area (Å²) in [5.74, 6) is 0.578. The first-order valence-electron chi connectivity index (χ1n) is 8.96. The van der Waals surface area contributed by atoms with E-state index < -0.39 is 17.8 Å². The van der Waals surface area contributed by atoms with E-state index in [-0.39, 0.29) is 12.2 Å². The van der Waals surface area contributed by atoms with Gasteiger partial charge in [0.05, 0.1) is 23.1 Å². The summed E-state index contributed by atoms with van der Waals surface area (Å²) in [5.41, 5.74) is -0.189. The highest BCUT2D eigenvalue weighted by Crippen LogP contribution is 2.34. The molecule has 150 valence electrons. The SMILES string of the molecule is O=C(NCCNc1cc(N2CCCC2)cnn1)Nc1ccccc1C(F)(F)F. The van der Waals surface area contributed by atoms with E-state index in [1.54, 1.807) is 6.20 Å². The highest BCUT2D eigenvalue weighted by molar-refractivity contribution is 5.90. The molecule has 2 amide bonds. The van der Waals surface area contributed by atoms with Gasteiger partial charge in [0.2, 0.25) is 0 Å². The predicted octanol–water partition coefficient (Wildman–Crippen LogP) is 3.33. The molecule has 0 saturated carbocycles. The molecule has 2 aromatic rings. The van der Waals surface area contributed by atoms with Gasteiger partial charge in [0.15, 0.2) is 5.82 Å². The van der Waals surface area contributed by atoms with Crippen molar-refractivity contribution in [1.29, 1.82) is 0 Å². The Morgan fingerprint density at radius 1 is 1.14 bits per heavy atom. The minimum absolute atomic E-state index is 0.204. The molecule has 1 fully saturated rings. The first-order valence-corrected chi connectivity index (χ1v) is 8.96. The molecule has 1 aromatic heterocycles. The molecule has 0 radical (unpaired) electrons. The van der Waals surface area contributed by atoms with Crippen LogP contribution in [0.15, 0.2) is 36.5 Å². The maximum atomic E-state index is 12.9. The zero-order valence-electron chi connectivity index (χ0n) is 15.1. The van der Waals surface area contributed by atoms with Gasteiger partial charge < -0.3 is 20.9 Å². The van der Waals surface area contributed by atoms with Crippen LogP contribution in [0.2, 0.25) is 0 Å². The summed E-state index contributed by atoms with van der Waals surface area (Å²) in [4.78, 5) is 14.1. The van der Waals surface area contributed by atoms with E-state index in [4.69, 9.17) is 0 Å². The summed E-state index contributed by atoms with van der Waals surface area (Å²) >= 11 is 0. The van der Waals surface area contributed by atoms with Crippen LogP contribution in [0.4, 0.5) is 35.2 Å². The van der Waals surface area contributed by atoms with Crippen LogP contribution < -0.4 is 20.9 Å². The molecule has 1 saturated heterocycles. The van der Waals surface area contributed by atoms with E-state index in [0.29, 0.717) is 12.4 Å². The van der Waals surface area contributed by atoms with Gasteiger partial charge in [-0.2, -0.15) is 18.3 Å². The van der Waals surface area contributed by atoms with Crippen molar-refractivity contribution in [3.05, 3.63) is 42.1 Å². The number of hydrogen-bond acceptors (Lipinski definition) is 5. The second kappa shape index (κ2) is 8.77. The summed E-state index contributed by atoms with van der Waals surface area (Å²) in [6.07, 6.45) is -0.520. The zero-order chi connectivity index (χ0) is 20.0. The molecule has 1 aromatic carbocycles. The van der Waals surface area contributed by atoms with E-state index in [2.05, 4.69) is 31.0 Å². The minimum atomic E-state index is -4.54. The van der Waals surface area contributed by atoms with Gasteiger partial charge in [0, 0.05) is 32.2 Å². The highest BCUT2D eigenvalue weighted by Gasteiger charge is 2.33. The van der Waals surface area contributed by atoms with Gasteiger partial charge in [-0.05, 0) is 25.0 Å². The van der Waals surface area contributed by atoms with Crippen molar-refractivity contribution in [2.24, 2.45) is 0 Å². The molecule has 1 aliphatic rings. The molecule has 0 bridgehead atoms. The number of benzene rings is 1. The lowest BCUT2D eigenvalue weighted by Crippen LogP contribution is -2.33. The summed E-state index contributed by atoms with van der Waals surface area (Å²) in [7, 11) is 0. The lowest BCUT2D eigenvalue weighted by molar-refractivity contribution is -0.136. The van der Waals surface area contributed by atoms with Crippen molar-refractivity contribution in [2.75, 3.05) is 41.7 Å². The molecule has 0 atom stereocenters. The van der Waals surface area contributed by atoms with Gasteiger partial charge in [-0.15, -0.1) is 5.10 Å². The molecular formula is C18H21F3N6O. The van der Waals surface area contributed by atoms with Crippen molar-refractivity contribution >= 4 is 23.2 Å². The Kier molecular flexibility index (Phi) is 6.17. The van der Waals surface area contributed by atoms with Gasteiger partial charge >= 0.3 is 12.2 Å². The van der Waals surface area contributed by atoms with Crippen molar-refractivity contribution < 1.29 is 18.0 Å². The van der Waals surface area contributed by atoms with E-state index in [9.17, 15) is 18.0 Å². The fraction of sp³-hybridized carbons (Fsp3) is 0.389. The Morgan fingerprint density at radius 2 is 1.89 bits per heavy atom. The van der Waals surface area contributed by atoms with Crippen LogP contribution in [-0.2, 0) is 6.18 Å². The third-order valence-corrected chi connectivity index (χ3v) is 4.31. The van der Waals surface area contributed by atoms with Crippen LogP contribution in [0.3, 0.4) is 0 Å². The molecule has 3 rings (SSSR count). The topological polar surface area (TPSA) is 82.2 Å². The van der Waals surface area contributed by atoms with Crippen molar-refractivity contribution in [1.82, 2.24) is 15.5 Å². The third kappa shape index (κ3) is 5.24. The Balaban J connectivity index is 1.46. The Bertz CT molecular complexity index is 808. The molecule has 10 heteroatoms. The number of nitrogens with zero attached hydrogens (tertiary/aromatic N) is 3. The molecule has 7 nitrogen and oxygen atoms in total. The molecule has 3 N–H and O–H groups in total. The molecule has 0 spiro atoms. The maximum absolute atomic E-state index is 12.9. The number of carbonyl (C=O) groups is 1. The summed E-state index contributed by atoms with van der Waals surface area (Å²) < 4.78 is 38.8. The lowest BCUT2D eigenvalue weighted by atomic mass is 10.1. The van der Waals surface area contributed by atoms with Crippen molar-refractivity contribution in [2.45, 2.75) is 19.0 Å². The number of para-hydroxylation sites is 1. The zero-order valence-corrected chi connectivity index (χ0v) is 15.1. The molecule has 0 unspecified atom stereocenters.